The highest BCUT2D eigenvalue weighted by molar-refractivity contribution is 6.53. The molecule has 2 aliphatic carbocycles. The molecule has 0 bridgehead atoms. The SMILES string of the molecule is COc1cc([C@H]2C3=CC[C@@H]4C(=O)N(N(C)c5nc(C(F)(F)F)ccc5Cl)C(=O)[C@@H]4[C@@H]3C[C@@]3(Cl)C(=O)N(C)C(=O)[C@@]23Cl)ccc1O. The second-order valence-electron chi connectivity index (χ2n) is 11.4. The number of phenols is 1. The van der Waals surface area contributed by atoms with E-state index < -0.39 is 74.7 Å². The fourth-order valence-electron chi connectivity index (χ4n) is 7.18. The number of carbonyl (C=O) groups is 4. The molecule has 1 N–H and O–H groups in total. The zero-order valence-corrected chi connectivity index (χ0v) is 26.0. The molecular formula is C29H24Cl3F3N4O6. The van der Waals surface area contributed by atoms with Crippen LogP contribution in [0, 0.1) is 17.8 Å². The molecule has 0 radical (unpaired) electrons. The number of amides is 4. The van der Waals surface area contributed by atoms with Crippen molar-refractivity contribution in [2.45, 2.75) is 34.7 Å². The number of aromatic hydroxyl groups is 1. The molecule has 4 aliphatic rings. The van der Waals surface area contributed by atoms with Crippen molar-refractivity contribution < 1.29 is 42.2 Å². The molecule has 45 heavy (non-hydrogen) atoms. The van der Waals surface area contributed by atoms with E-state index in [1.807, 2.05) is 0 Å². The summed E-state index contributed by atoms with van der Waals surface area (Å²) in [7, 11) is 3.77. The fraction of sp³-hybridized carbons (Fsp3) is 0.414. The number of fused-ring (bicyclic) bond motifs is 4. The van der Waals surface area contributed by atoms with E-state index >= 15 is 0 Å². The number of hydrogen-bond acceptors (Lipinski definition) is 8. The van der Waals surface area contributed by atoms with Gasteiger partial charge in [0.1, 0.15) is 5.69 Å². The molecule has 3 heterocycles. The maximum absolute atomic E-state index is 14.1. The number of hydrazine groups is 1. The molecule has 4 amide bonds. The van der Waals surface area contributed by atoms with Gasteiger partial charge in [0.05, 0.1) is 24.0 Å². The number of imide groups is 2. The van der Waals surface area contributed by atoms with E-state index in [0.717, 1.165) is 16.0 Å². The molecule has 10 nitrogen and oxygen atoms in total. The van der Waals surface area contributed by atoms with Gasteiger partial charge in [0.15, 0.2) is 27.1 Å². The van der Waals surface area contributed by atoms with Gasteiger partial charge in [-0.2, -0.15) is 18.2 Å². The lowest BCUT2D eigenvalue weighted by atomic mass is 9.56. The summed E-state index contributed by atoms with van der Waals surface area (Å²) in [6.45, 7) is 0. The van der Waals surface area contributed by atoms with Crippen LogP contribution in [0.1, 0.15) is 30.0 Å². The molecule has 2 aliphatic heterocycles. The van der Waals surface area contributed by atoms with Crippen LogP contribution in [0.2, 0.25) is 5.02 Å². The van der Waals surface area contributed by atoms with Crippen LogP contribution in [-0.2, 0) is 25.4 Å². The second kappa shape index (κ2) is 10.2. The average Bonchev–Trinajstić information content (AvgIpc) is 3.31. The predicted molar refractivity (Wildman–Crippen MR) is 155 cm³/mol. The fourth-order valence-corrected chi connectivity index (χ4v) is 8.43. The van der Waals surface area contributed by atoms with Crippen molar-refractivity contribution in [2.24, 2.45) is 17.8 Å². The van der Waals surface area contributed by atoms with E-state index in [0.29, 0.717) is 22.2 Å². The molecule has 6 atom stereocenters. The van der Waals surface area contributed by atoms with Crippen molar-refractivity contribution in [2.75, 3.05) is 26.2 Å². The van der Waals surface area contributed by atoms with Gasteiger partial charge in [0, 0.05) is 20.0 Å². The summed E-state index contributed by atoms with van der Waals surface area (Å²) in [6.07, 6.45) is -3.40. The lowest BCUT2D eigenvalue weighted by Gasteiger charge is -2.50. The minimum atomic E-state index is -4.82. The van der Waals surface area contributed by atoms with Gasteiger partial charge in [-0.3, -0.25) is 29.1 Å². The molecule has 0 spiro atoms. The highest BCUT2D eigenvalue weighted by Crippen LogP contribution is 2.65. The minimum Gasteiger partial charge on any atom is -0.504 e. The first-order valence-corrected chi connectivity index (χ1v) is 14.7. The number of anilines is 1. The lowest BCUT2D eigenvalue weighted by Crippen LogP contribution is -2.60. The number of allylic oxidation sites excluding steroid dienone is 2. The number of rotatable bonds is 4. The Balaban J connectivity index is 1.46. The summed E-state index contributed by atoms with van der Waals surface area (Å²) >= 11 is 20.4. The average molecular weight is 688 g/mol. The number of aromatic nitrogens is 1. The second-order valence-corrected chi connectivity index (χ2v) is 13.1. The topological polar surface area (TPSA) is 120 Å². The van der Waals surface area contributed by atoms with Gasteiger partial charge in [0.2, 0.25) is 0 Å². The van der Waals surface area contributed by atoms with Crippen molar-refractivity contribution in [3.05, 3.63) is 58.3 Å². The van der Waals surface area contributed by atoms with Gasteiger partial charge in [-0.15, -0.1) is 23.2 Å². The number of carbonyl (C=O) groups excluding carboxylic acids is 4. The summed E-state index contributed by atoms with van der Waals surface area (Å²) in [5.74, 6) is -7.71. The molecule has 6 rings (SSSR count). The smallest absolute Gasteiger partial charge is 0.433 e. The predicted octanol–water partition coefficient (Wildman–Crippen LogP) is 4.51. The zero-order chi connectivity index (χ0) is 33.0. The van der Waals surface area contributed by atoms with Gasteiger partial charge >= 0.3 is 6.18 Å². The first-order chi connectivity index (χ1) is 21.0. The number of likely N-dealkylation sites (tertiary alicyclic amines) is 1. The number of halogens is 6. The summed E-state index contributed by atoms with van der Waals surface area (Å²) < 4.78 is 45.6. The molecule has 3 fully saturated rings. The van der Waals surface area contributed by atoms with Gasteiger partial charge in [0.25, 0.3) is 23.6 Å². The van der Waals surface area contributed by atoms with Crippen LogP contribution in [0.3, 0.4) is 0 Å². The van der Waals surface area contributed by atoms with Gasteiger partial charge in [-0.1, -0.05) is 29.3 Å². The third-order valence-corrected chi connectivity index (χ3v) is 11.0. The number of ether oxygens (including phenoxy) is 1. The van der Waals surface area contributed by atoms with Gasteiger partial charge in [-0.25, -0.2) is 4.98 Å². The van der Waals surface area contributed by atoms with Crippen LogP contribution in [-0.4, -0.2) is 74.6 Å². The third kappa shape index (κ3) is 4.19. The quantitative estimate of drug-likeness (QED) is 0.284. The number of phenolic OH excluding ortho intramolecular Hbond substituents is 1. The van der Waals surface area contributed by atoms with Crippen molar-refractivity contribution in [3.8, 4) is 11.5 Å². The molecule has 1 aromatic carbocycles. The van der Waals surface area contributed by atoms with Crippen molar-refractivity contribution in [1.29, 1.82) is 0 Å². The maximum atomic E-state index is 14.1. The highest BCUT2D eigenvalue weighted by atomic mass is 35.5. The minimum absolute atomic E-state index is 0.0150. The number of nitrogens with zero attached hydrogens (tertiary/aromatic N) is 4. The Bertz CT molecular complexity index is 1720. The summed E-state index contributed by atoms with van der Waals surface area (Å²) in [5, 5.41) is 11.6. The first kappa shape index (κ1) is 31.4. The van der Waals surface area contributed by atoms with Crippen LogP contribution in [0.5, 0.6) is 11.5 Å². The van der Waals surface area contributed by atoms with Crippen LogP contribution in [0.25, 0.3) is 0 Å². The van der Waals surface area contributed by atoms with Crippen molar-refractivity contribution in [3.63, 3.8) is 0 Å². The molecule has 0 unspecified atom stereocenters. The molecule has 238 valence electrons. The van der Waals surface area contributed by atoms with Crippen LogP contribution >= 0.6 is 34.8 Å². The molecule has 2 saturated heterocycles. The van der Waals surface area contributed by atoms with E-state index in [9.17, 15) is 37.5 Å². The first-order valence-electron chi connectivity index (χ1n) is 13.6. The Kier molecular flexibility index (Phi) is 7.15. The summed E-state index contributed by atoms with van der Waals surface area (Å²) in [4.78, 5) is 55.5. The Morgan fingerprint density at radius 2 is 1.76 bits per heavy atom. The van der Waals surface area contributed by atoms with E-state index in [1.165, 1.54) is 39.4 Å². The number of alkyl halides is 5. The van der Waals surface area contributed by atoms with E-state index in [2.05, 4.69) is 4.98 Å². The number of benzene rings is 1. The standard InChI is InChI=1S/C29H24Cl3F3N4O6/c1-37-25(43)27(31)11-15-13(21(28(27,32)26(37)44)12-4-8-17(40)18(10-12)45-3)5-6-14-20(15)24(42)39(23(14)41)38(2)22-16(30)7-9-19(36-22)29(33,34)35/h4-5,7-10,14-15,20-21,40H,6,11H2,1-3H3/t14-,15+,20-,21-,27+,28-/m0/s1. The Labute approximate surface area is 269 Å². The largest absolute Gasteiger partial charge is 0.504 e. The monoisotopic (exact) mass is 686 g/mol. The van der Waals surface area contributed by atoms with Gasteiger partial charge in [-0.05, 0) is 48.6 Å². The molecule has 1 saturated carbocycles. The zero-order valence-electron chi connectivity index (χ0n) is 23.7. The third-order valence-electron chi connectivity index (χ3n) is 9.25. The molecule has 1 aromatic heterocycles. The summed E-state index contributed by atoms with van der Waals surface area (Å²) in [5.41, 5.74) is -0.432. The normalized spacial score (nSPS) is 31.1. The van der Waals surface area contributed by atoms with E-state index in [-0.39, 0.29) is 29.4 Å². The Hall–Kier alpha value is -3.55. The van der Waals surface area contributed by atoms with Crippen molar-refractivity contribution >= 4 is 64.2 Å². The van der Waals surface area contributed by atoms with E-state index in [1.54, 1.807) is 6.08 Å². The highest BCUT2D eigenvalue weighted by Gasteiger charge is 2.76. The molecule has 16 heteroatoms. The number of hydrogen-bond donors (Lipinski definition) is 1. The molecular weight excluding hydrogens is 664 g/mol. The van der Waals surface area contributed by atoms with Crippen LogP contribution in [0.4, 0.5) is 19.0 Å². The maximum Gasteiger partial charge on any atom is 0.433 e. The number of pyridine rings is 1. The Morgan fingerprint density at radius 1 is 1.07 bits per heavy atom. The van der Waals surface area contributed by atoms with Gasteiger partial charge < -0.3 is 9.84 Å². The van der Waals surface area contributed by atoms with Crippen molar-refractivity contribution in [1.82, 2.24) is 14.9 Å². The molecule has 2 aromatic rings. The van der Waals surface area contributed by atoms with Crippen LogP contribution in [0.15, 0.2) is 42.0 Å². The summed E-state index contributed by atoms with van der Waals surface area (Å²) in [6, 6.07) is 5.93. The van der Waals surface area contributed by atoms with E-state index in [4.69, 9.17) is 39.5 Å². The Morgan fingerprint density at radius 3 is 2.40 bits per heavy atom. The number of methoxy groups -OCH3 is 1. The lowest BCUT2D eigenvalue weighted by molar-refractivity contribution is -0.141. The van der Waals surface area contributed by atoms with Crippen LogP contribution < -0.4 is 9.75 Å².